The predicted molar refractivity (Wildman–Crippen MR) is 87.4 cm³/mol. The van der Waals surface area contributed by atoms with Gasteiger partial charge in [0.15, 0.2) is 0 Å². The first-order chi connectivity index (χ1) is 11.7. The Balaban J connectivity index is 1.65. The smallest absolute Gasteiger partial charge is 0.316 e. The van der Waals surface area contributed by atoms with Crippen LogP contribution in [0, 0.1) is 5.82 Å². The highest BCUT2D eigenvalue weighted by Gasteiger charge is 2.27. The minimum Gasteiger partial charge on any atom is -0.458 e. The summed E-state index contributed by atoms with van der Waals surface area (Å²) in [6.07, 6.45) is 5.80. The highest BCUT2D eigenvalue weighted by Crippen LogP contribution is 2.18. The van der Waals surface area contributed by atoms with Gasteiger partial charge in [-0.05, 0) is 37.0 Å². The average Bonchev–Trinajstić information content (AvgIpc) is 2.62. The summed E-state index contributed by atoms with van der Waals surface area (Å²) < 4.78 is 19.6. The SMILES string of the molecule is CCc1cnc(OC2CCCN(C(=O)c3ccccc3F)C2)nc1. The van der Waals surface area contributed by atoms with Crippen molar-refractivity contribution in [2.75, 3.05) is 13.1 Å². The molecule has 6 heteroatoms. The van der Waals surface area contributed by atoms with Gasteiger partial charge < -0.3 is 9.64 Å². The number of piperidine rings is 1. The van der Waals surface area contributed by atoms with E-state index in [-0.39, 0.29) is 17.6 Å². The summed E-state index contributed by atoms with van der Waals surface area (Å²) in [7, 11) is 0. The zero-order chi connectivity index (χ0) is 16.9. The van der Waals surface area contributed by atoms with E-state index in [1.165, 1.54) is 12.1 Å². The fourth-order valence-corrected chi connectivity index (χ4v) is 2.76. The van der Waals surface area contributed by atoms with Crippen molar-refractivity contribution in [3.63, 3.8) is 0 Å². The molecule has 0 N–H and O–H groups in total. The van der Waals surface area contributed by atoms with E-state index in [0.717, 1.165) is 24.8 Å². The van der Waals surface area contributed by atoms with Crippen LogP contribution < -0.4 is 4.74 Å². The van der Waals surface area contributed by atoms with Crippen molar-refractivity contribution in [3.8, 4) is 6.01 Å². The summed E-state index contributed by atoms with van der Waals surface area (Å²) in [4.78, 5) is 22.5. The number of ether oxygens (including phenoxy) is 1. The van der Waals surface area contributed by atoms with Gasteiger partial charge in [0, 0.05) is 18.9 Å². The summed E-state index contributed by atoms with van der Waals surface area (Å²) in [6, 6.07) is 6.36. The number of aromatic nitrogens is 2. The van der Waals surface area contributed by atoms with Crippen LogP contribution in [-0.4, -0.2) is 40.0 Å². The number of hydrogen-bond acceptors (Lipinski definition) is 4. The number of aryl methyl sites for hydroxylation is 1. The predicted octanol–water partition coefficient (Wildman–Crippen LogP) is 2.86. The Morgan fingerprint density at radius 1 is 1.33 bits per heavy atom. The maximum atomic E-state index is 13.8. The number of rotatable bonds is 4. The Morgan fingerprint density at radius 2 is 2.08 bits per heavy atom. The molecule has 1 aliphatic heterocycles. The lowest BCUT2D eigenvalue weighted by molar-refractivity contribution is 0.0511. The molecule has 1 atom stereocenters. The summed E-state index contributed by atoms with van der Waals surface area (Å²) >= 11 is 0. The highest BCUT2D eigenvalue weighted by molar-refractivity contribution is 5.94. The van der Waals surface area contributed by atoms with E-state index >= 15 is 0 Å². The Kier molecular flexibility index (Phi) is 5.03. The molecule has 1 fully saturated rings. The third kappa shape index (κ3) is 3.69. The van der Waals surface area contributed by atoms with E-state index in [2.05, 4.69) is 9.97 Å². The number of amides is 1. The molecular formula is C18H20FN3O2. The van der Waals surface area contributed by atoms with E-state index in [1.54, 1.807) is 29.4 Å². The van der Waals surface area contributed by atoms with E-state index in [9.17, 15) is 9.18 Å². The Bertz CT molecular complexity index is 706. The minimum atomic E-state index is -0.496. The molecule has 0 aliphatic carbocycles. The molecule has 0 bridgehead atoms. The van der Waals surface area contributed by atoms with Crippen molar-refractivity contribution in [2.45, 2.75) is 32.3 Å². The third-order valence-corrected chi connectivity index (χ3v) is 4.13. The molecule has 1 saturated heterocycles. The molecule has 1 unspecified atom stereocenters. The number of halogens is 1. The average molecular weight is 329 g/mol. The van der Waals surface area contributed by atoms with Crippen molar-refractivity contribution in [1.29, 1.82) is 0 Å². The van der Waals surface area contributed by atoms with Gasteiger partial charge in [-0.15, -0.1) is 0 Å². The van der Waals surface area contributed by atoms with Crippen LogP contribution in [0.4, 0.5) is 4.39 Å². The maximum Gasteiger partial charge on any atom is 0.316 e. The van der Waals surface area contributed by atoms with Crippen LogP contribution in [0.3, 0.4) is 0 Å². The number of nitrogens with zero attached hydrogens (tertiary/aromatic N) is 3. The molecule has 5 nitrogen and oxygen atoms in total. The molecule has 1 aliphatic rings. The summed E-state index contributed by atoms with van der Waals surface area (Å²) in [5.74, 6) is -0.798. The standard InChI is InChI=1S/C18H20FN3O2/c1-2-13-10-20-18(21-11-13)24-14-6-5-9-22(12-14)17(23)15-7-3-4-8-16(15)19/h3-4,7-8,10-11,14H,2,5-6,9,12H2,1H3. The molecular weight excluding hydrogens is 309 g/mol. The van der Waals surface area contributed by atoms with Crippen molar-refractivity contribution in [3.05, 3.63) is 53.6 Å². The molecule has 1 aromatic heterocycles. The van der Waals surface area contributed by atoms with Gasteiger partial charge in [0.05, 0.1) is 12.1 Å². The topological polar surface area (TPSA) is 55.3 Å². The van der Waals surface area contributed by atoms with Gasteiger partial charge >= 0.3 is 6.01 Å². The Labute approximate surface area is 140 Å². The van der Waals surface area contributed by atoms with Crippen LogP contribution in [-0.2, 0) is 6.42 Å². The van der Waals surface area contributed by atoms with Gasteiger partial charge in [-0.2, -0.15) is 0 Å². The minimum absolute atomic E-state index is 0.0988. The number of carbonyl (C=O) groups is 1. The molecule has 0 radical (unpaired) electrons. The van der Waals surface area contributed by atoms with Gasteiger partial charge in [0.25, 0.3) is 5.91 Å². The van der Waals surface area contributed by atoms with Crippen molar-refractivity contribution in [2.24, 2.45) is 0 Å². The third-order valence-electron chi connectivity index (χ3n) is 4.13. The molecule has 24 heavy (non-hydrogen) atoms. The second-order valence-electron chi connectivity index (χ2n) is 5.84. The lowest BCUT2D eigenvalue weighted by Crippen LogP contribution is -2.44. The van der Waals surface area contributed by atoms with Crippen molar-refractivity contribution >= 4 is 5.91 Å². The van der Waals surface area contributed by atoms with E-state index < -0.39 is 5.82 Å². The van der Waals surface area contributed by atoms with Crippen LogP contribution in [0.1, 0.15) is 35.7 Å². The molecule has 126 valence electrons. The summed E-state index contributed by atoms with van der Waals surface area (Å²) in [6.45, 7) is 3.04. The molecule has 1 amide bonds. The van der Waals surface area contributed by atoms with Crippen LogP contribution in [0.15, 0.2) is 36.7 Å². The largest absolute Gasteiger partial charge is 0.458 e. The zero-order valence-corrected chi connectivity index (χ0v) is 13.6. The first kappa shape index (κ1) is 16.4. The quantitative estimate of drug-likeness (QED) is 0.865. The Morgan fingerprint density at radius 3 is 2.79 bits per heavy atom. The maximum absolute atomic E-state index is 13.8. The van der Waals surface area contributed by atoms with Crippen LogP contribution >= 0.6 is 0 Å². The second kappa shape index (κ2) is 7.38. The van der Waals surface area contributed by atoms with Crippen LogP contribution in [0.2, 0.25) is 0 Å². The van der Waals surface area contributed by atoms with Gasteiger partial charge in [-0.3, -0.25) is 4.79 Å². The number of carbonyl (C=O) groups excluding carboxylic acids is 1. The normalized spacial score (nSPS) is 17.6. The van der Waals surface area contributed by atoms with Gasteiger partial charge in [-0.25, -0.2) is 14.4 Å². The van der Waals surface area contributed by atoms with Crippen molar-refractivity contribution < 1.29 is 13.9 Å². The van der Waals surface area contributed by atoms with Gasteiger partial charge in [0.2, 0.25) is 0 Å². The summed E-state index contributed by atoms with van der Waals surface area (Å²) in [5, 5.41) is 0. The van der Waals surface area contributed by atoms with E-state index in [1.807, 2.05) is 6.92 Å². The van der Waals surface area contributed by atoms with Gasteiger partial charge in [-0.1, -0.05) is 19.1 Å². The summed E-state index contributed by atoms with van der Waals surface area (Å²) in [5.41, 5.74) is 1.14. The van der Waals surface area contributed by atoms with E-state index in [4.69, 9.17) is 4.74 Å². The molecule has 0 saturated carbocycles. The number of benzene rings is 1. The fraction of sp³-hybridized carbons (Fsp3) is 0.389. The first-order valence-electron chi connectivity index (χ1n) is 8.18. The van der Waals surface area contributed by atoms with E-state index in [0.29, 0.717) is 19.1 Å². The number of hydrogen-bond donors (Lipinski definition) is 0. The zero-order valence-electron chi connectivity index (χ0n) is 13.6. The molecule has 2 aromatic rings. The molecule has 2 heterocycles. The van der Waals surface area contributed by atoms with Crippen LogP contribution in [0.5, 0.6) is 6.01 Å². The second-order valence-corrected chi connectivity index (χ2v) is 5.84. The highest BCUT2D eigenvalue weighted by atomic mass is 19.1. The lowest BCUT2D eigenvalue weighted by Gasteiger charge is -2.32. The molecule has 1 aromatic carbocycles. The van der Waals surface area contributed by atoms with Gasteiger partial charge in [0.1, 0.15) is 11.9 Å². The molecule has 3 rings (SSSR count). The monoisotopic (exact) mass is 329 g/mol. The number of likely N-dealkylation sites (tertiary alicyclic amines) is 1. The first-order valence-corrected chi connectivity index (χ1v) is 8.18. The molecule has 0 spiro atoms. The van der Waals surface area contributed by atoms with Crippen molar-refractivity contribution in [1.82, 2.24) is 14.9 Å². The lowest BCUT2D eigenvalue weighted by atomic mass is 10.1. The fourth-order valence-electron chi connectivity index (χ4n) is 2.76. The van der Waals surface area contributed by atoms with Crippen LogP contribution in [0.25, 0.3) is 0 Å². The Hall–Kier alpha value is -2.50.